The Kier molecular flexibility index (Phi) is 4.74. The Morgan fingerprint density at radius 3 is 1.54 bits per heavy atom. The largest absolute Gasteiger partial charge is 0.295 e. The van der Waals surface area contributed by atoms with E-state index in [1.165, 1.54) is 0 Å². The van der Waals surface area contributed by atoms with E-state index in [0.717, 1.165) is 0 Å². The minimum absolute atomic E-state index is 0.0252. The second kappa shape index (κ2) is 6.18. The quantitative estimate of drug-likeness (QED) is 0.323. The van der Waals surface area contributed by atoms with E-state index in [0.29, 0.717) is 11.4 Å². The molecule has 2 nitrogen and oxygen atoms in total. The maximum atomic E-state index is 14.4. The Morgan fingerprint density at radius 1 is 0.750 bits per heavy atom. The first-order valence-corrected chi connectivity index (χ1v) is 7.67. The molecule has 0 spiro atoms. The second-order valence-corrected chi connectivity index (χ2v) is 6.37. The van der Waals surface area contributed by atoms with Crippen LogP contribution in [0.2, 0.25) is 0 Å². The minimum Gasteiger partial charge on any atom is -0.225 e. The van der Waals surface area contributed by atoms with Crippen LogP contribution < -0.4 is 4.57 Å². The van der Waals surface area contributed by atoms with Gasteiger partial charge in [-0.05, 0) is 27.7 Å². The lowest BCUT2D eigenvalue weighted by Gasteiger charge is -2.13. The van der Waals surface area contributed by atoms with Crippen molar-refractivity contribution in [2.45, 2.75) is 53.6 Å². The van der Waals surface area contributed by atoms with Crippen LogP contribution >= 0.6 is 0 Å². The van der Waals surface area contributed by atoms with E-state index in [-0.39, 0.29) is 17.9 Å². The smallest absolute Gasteiger partial charge is 0.225 e. The molecule has 1 aromatic carbocycles. The van der Waals surface area contributed by atoms with Crippen LogP contribution in [0.5, 0.6) is 0 Å². The van der Waals surface area contributed by atoms with Crippen molar-refractivity contribution in [3.8, 4) is 11.4 Å². The molecular weight excluding hydrogens is 327 g/mol. The molecule has 0 radical (unpaired) electrons. The third-order valence-corrected chi connectivity index (χ3v) is 4.17. The van der Waals surface area contributed by atoms with Crippen LogP contribution in [0.3, 0.4) is 0 Å². The average molecular weight is 347 g/mol. The second-order valence-electron chi connectivity index (χ2n) is 6.37. The van der Waals surface area contributed by atoms with Gasteiger partial charge in [-0.3, -0.25) is 0 Å². The standard InChI is InChI=1S/C17H20F5N2/c1-7(2)23-9(5)10(6)24(8(3)4)17(23)11-12(18)14(20)16(22)15(21)13(11)19/h7-8H,1-6H3/q+1. The Labute approximate surface area is 137 Å². The highest BCUT2D eigenvalue weighted by Gasteiger charge is 2.38. The molecule has 1 aromatic heterocycles. The van der Waals surface area contributed by atoms with Crippen LogP contribution in [0.4, 0.5) is 22.0 Å². The molecule has 7 heteroatoms. The van der Waals surface area contributed by atoms with Crippen molar-refractivity contribution >= 4 is 0 Å². The van der Waals surface area contributed by atoms with Gasteiger partial charge in [-0.15, -0.1) is 0 Å². The third-order valence-electron chi connectivity index (χ3n) is 4.17. The number of rotatable bonds is 3. The Bertz CT molecular complexity index is 746. The van der Waals surface area contributed by atoms with Crippen LogP contribution in [-0.2, 0) is 0 Å². The van der Waals surface area contributed by atoms with Gasteiger partial charge in [0.15, 0.2) is 23.3 Å². The van der Waals surface area contributed by atoms with Crippen LogP contribution in [0.1, 0.15) is 51.2 Å². The van der Waals surface area contributed by atoms with Crippen molar-refractivity contribution in [3.05, 3.63) is 40.5 Å². The molecule has 0 aliphatic carbocycles. The average Bonchev–Trinajstić information content (AvgIpc) is 2.75. The van der Waals surface area contributed by atoms with E-state index in [1.54, 1.807) is 50.7 Å². The van der Waals surface area contributed by atoms with Gasteiger partial charge in [0.25, 0.3) is 5.82 Å². The molecule has 0 atom stereocenters. The predicted octanol–water partition coefficient (Wildman–Crippen LogP) is 4.92. The fraction of sp³-hybridized carbons (Fsp3) is 0.471. The fourth-order valence-corrected chi connectivity index (χ4v) is 3.09. The van der Waals surface area contributed by atoms with E-state index in [1.807, 2.05) is 0 Å². The highest BCUT2D eigenvalue weighted by Crippen LogP contribution is 2.33. The van der Waals surface area contributed by atoms with Crippen LogP contribution in [-0.4, -0.2) is 4.57 Å². The first-order valence-electron chi connectivity index (χ1n) is 7.67. The zero-order valence-corrected chi connectivity index (χ0v) is 14.4. The van der Waals surface area contributed by atoms with Gasteiger partial charge in [-0.2, -0.15) is 0 Å². The van der Waals surface area contributed by atoms with E-state index in [9.17, 15) is 22.0 Å². The van der Waals surface area contributed by atoms with Crippen molar-refractivity contribution in [3.63, 3.8) is 0 Å². The number of imidazole rings is 1. The number of halogens is 5. The normalized spacial score (nSPS) is 11.9. The van der Waals surface area contributed by atoms with Gasteiger partial charge in [-0.25, -0.2) is 31.1 Å². The lowest BCUT2D eigenvalue weighted by atomic mass is 10.1. The molecule has 2 aromatic rings. The first-order chi connectivity index (χ1) is 11.0. The van der Waals surface area contributed by atoms with E-state index >= 15 is 0 Å². The van der Waals surface area contributed by atoms with E-state index in [4.69, 9.17) is 0 Å². The number of hydrogen-bond acceptors (Lipinski definition) is 0. The molecule has 0 fully saturated rings. The van der Waals surface area contributed by atoms with Gasteiger partial charge in [-0.1, -0.05) is 0 Å². The minimum atomic E-state index is -2.15. The molecule has 0 saturated heterocycles. The van der Waals surface area contributed by atoms with E-state index < -0.39 is 34.6 Å². The van der Waals surface area contributed by atoms with Gasteiger partial charge < -0.3 is 0 Å². The molecule has 0 saturated carbocycles. The lowest BCUT2D eigenvalue weighted by Crippen LogP contribution is -2.41. The van der Waals surface area contributed by atoms with Crippen molar-refractivity contribution in [2.75, 3.05) is 0 Å². The number of benzene rings is 1. The molecule has 2 rings (SSSR count). The van der Waals surface area contributed by atoms with Gasteiger partial charge in [0.05, 0.1) is 12.1 Å². The highest BCUT2D eigenvalue weighted by molar-refractivity contribution is 5.57. The molecule has 0 N–H and O–H groups in total. The summed E-state index contributed by atoms with van der Waals surface area (Å²) in [4.78, 5) is 0. The molecule has 0 unspecified atom stereocenters. The summed E-state index contributed by atoms with van der Waals surface area (Å²) >= 11 is 0. The lowest BCUT2D eigenvalue weighted by molar-refractivity contribution is -0.710. The molecule has 24 heavy (non-hydrogen) atoms. The Morgan fingerprint density at radius 2 is 1.17 bits per heavy atom. The number of aromatic nitrogens is 2. The Hall–Kier alpha value is -1.92. The summed E-state index contributed by atoms with van der Waals surface area (Å²) in [5, 5.41) is 0. The Balaban J connectivity index is 3.06. The summed E-state index contributed by atoms with van der Waals surface area (Å²) in [5.74, 6) is -9.69. The van der Waals surface area contributed by atoms with E-state index in [2.05, 4.69) is 0 Å². The summed E-state index contributed by atoms with van der Waals surface area (Å²) < 4.78 is 72.7. The molecule has 0 amide bonds. The van der Waals surface area contributed by atoms with Gasteiger partial charge in [0, 0.05) is 13.8 Å². The molecule has 1 heterocycles. The maximum Gasteiger partial charge on any atom is 0.295 e. The summed E-state index contributed by atoms with van der Waals surface area (Å²) in [5.41, 5.74) is 0.514. The van der Waals surface area contributed by atoms with Gasteiger partial charge in [0.2, 0.25) is 5.82 Å². The van der Waals surface area contributed by atoms with Crippen LogP contribution in [0, 0.1) is 42.9 Å². The number of nitrogens with zero attached hydrogens (tertiary/aromatic N) is 2. The monoisotopic (exact) mass is 347 g/mol. The fourth-order valence-electron chi connectivity index (χ4n) is 3.09. The highest BCUT2D eigenvalue weighted by atomic mass is 19.2. The predicted molar refractivity (Wildman–Crippen MR) is 80.1 cm³/mol. The maximum absolute atomic E-state index is 14.4. The third kappa shape index (κ3) is 2.50. The molecule has 0 aliphatic heterocycles. The molecule has 132 valence electrons. The topological polar surface area (TPSA) is 8.81 Å². The molecule has 0 aliphatic rings. The summed E-state index contributed by atoms with van der Waals surface area (Å²) in [6.07, 6.45) is 0. The van der Waals surface area contributed by atoms with Crippen LogP contribution in [0.25, 0.3) is 11.4 Å². The summed E-state index contributed by atoms with van der Waals surface area (Å²) in [7, 11) is 0. The van der Waals surface area contributed by atoms with Crippen molar-refractivity contribution in [1.29, 1.82) is 0 Å². The van der Waals surface area contributed by atoms with Crippen molar-refractivity contribution in [1.82, 2.24) is 4.57 Å². The summed E-state index contributed by atoms with van der Waals surface area (Å²) in [6.45, 7) is 10.6. The van der Waals surface area contributed by atoms with Crippen molar-refractivity contribution in [2.24, 2.45) is 0 Å². The van der Waals surface area contributed by atoms with Crippen molar-refractivity contribution < 1.29 is 26.5 Å². The molecular formula is C17H20F5N2+. The van der Waals surface area contributed by atoms with Crippen LogP contribution in [0.15, 0.2) is 0 Å². The van der Waals surface area contributed by atoms with Gasteiger partial charge >= 0.3 is 0 Å². The number of hydrogen-bond donors (Lipinski definition) is 0. The molecule has 0 bridgehead atoms. The zero-order chi connectivity index (χ0) is 18.5. The SMILES string of the molecule is Cc1c(C)[n+](C(C)C)c(-c2c(F)c(F)c(F)c(F)c2F)n1C(C)C. The van der Waals surface area contributed by atoms with Gasteiger partial charge in [0.1, 0.15) is 17.0 Å². The zero-order valence-electron chi connectivity index (χ0n) is 14.4. The summed E-state index contributed by atoms with van der Waals surface area (Å²) in [6, 6.07) is -0.456. The first kappa shape index (κ1) is 18.4.